The van der Waals surface area contributed by atoms with Gasteiger partial charge in [0.25, 0.3) is 0 Å². The van der Waals surface area contributed by atoms with Gasteiger partial charge in [-0.1, -0.05) is 6.58 Å². The maximum atomic E-state index is 11.8. The molecule has 0 N–H and O–H groups in total. The molecule has 0 spiro atoms. The Labute approximate surface area is 116 Å². The van der Waals surface area contributed by atoms with Crippen molar-refractivity contribution in [2.75, 3.05) is 13.7 Å². The van der Waals surface area contributed by atoms with Crippen LogP contribution in [0.2, 0.25) is 0 Å². The molecular formula is C14H15NO5. The summed E-state index contributed by atoms with van der Waals surface area (Å²) >= 11 is 0. The van der Waals surface area contributed by atoms with Gasteiger partial charge in [-0.05, 0) is 17.7 Å². The van der Waals surface area contributed by atoms with Gasteiger partial charge in [0.2, 0.25) is 0 Å². The van der Waals surface area contributed by atoms with Gasteiger partial charge in [0, 0.05) is 19.2 Å². The Morgan fingerprint density at radius 3 is 2.95 bits per heavy atom. The molecule has 6 nitrogen and oxygen atoms in total. The SMILES string of the molecule is C=C(Cn1cccc1C(=O)OC)C1(C=O)CCOC1=O. The second kappa shape index (κ2) is 5.32. The van der Waals surface area contributed by atoms with E-state index in [1.807, 2.05) is 0 Å². The molecule has 2 rings (SSSR count). The van der Waals surface area contributed by atoms with E-state index in [0.717, 1.165) is 0 Å². The van der Waals surface area contributed by atoms with E-state index >= 15 is 0 Å². The third-order valence-electron chi connectivity index (χ3n) is 3.51. The van der Waals surface area contributed by atoms with Gasteiger partial charge in [-0.15, -0.1) is 0 Å². The lowest BCUT2D eigenvalue weighted by atomic mass is 9.81. The third kappa shape index (κ3) is 2.13. The number of carbonyl (C=O) groups is 3. The average Bonchev–Trinajstić information content (AvgIpc) is 3.05. The van der Waals surface area contributed by atoms with E-state index in [9.17, 15) is 14.4 Å². The number of aldehydes is 1. The fourth-order valence-corrected chi connectivity index (χ4v) is 2.24. The standard InChI is InChI=1S/C14H15NO5/c1-10(14(9-16)5-7-20-13(14)18)8-15-6-3-4-11(15)12(17)19-2/h3-4,6,9H,1,5,7-8H2,2H3. The first-order chi connectivity index (χ1) is 9.55. The first-order valence-corrected chi connectivity index (χ1v) is 6.10. The van der Waals surface area contributed by atoms with Crippen LogP contribution in [0.1, 0.15) is 16.9 Å². The van der Waals surface area contributed by atoms with Gasteiger partial charge in [-0.25, -0.2) is 4.79 Å². The Morgan fingerprint density at radius 2 is 2.40 bits per heavy atom. The molecule has 0 amide bonds. The number of aromatic nitrogens is 1. The zero-order chi connectivity index (χ0) is 14.8. The minimum Gasteiger partial charge on any atom is -0.465 e. The summed E-state index contributed by atoms with van der Waals surface area (Å²) in [4.78, 5) is 34.7. The molecule has 1 saturated heterocycles. The Balaban J connectivity index is 2.24. The van der Waals surface area contributed by atoms with Gasteiger partial charge in [0.1, 0.15) is 17.4 Å². The van der Waals surface area contributed by atoms with Crippen LogP contribution in [-0.4, -0.2) is 36.5 Å². The highest BCUT2D eigenvalue weighted by Crippen LogP contribution is 2.35. The Hall–Kier alpha value is -2.37. The van der Waals surface area contributed by atoms with E-state index in [1.54, 1.807) is 22.9 Å². The predicted molar refractivity (Wildman–Crippen MR) is 69.0 cm³/mol. The van der Waals surface area contributed by atoms with E-state index < -0.39 is 17.4 Å². The molecule has 6 heteroatoms. The van der Waals surface area contributed by atoms with Gasteiger partial charge in [-0.2, -0.15) is 0 Å². The predicted octanol–water partition coefficient (Wildman–Crippen LogP) is 0.963. The molecule has 1 aliphatic rings. The number of rotatable bonds is 5. The van der Waals surface area contributed by atoms with Crippen molar-refractivity contribution < 1.29 is 23.9 Å². The summed E-state index contributed by atoms with van der Waals surface area (Å²) in [6.07, 6.45) is 2.52. The quantitative estimate of drug-likeness (QED) is 0.347. The summed E-state index contributed by atoms with van der Waals surface area (Å²) < 4.78 is 11.1. The van der Waals surface area contributed by atoms with Crippen molar-refractivity contribution in [1.82, 2.24) is 4.57 Å². The molecule has 0 aromatic carbocycles. The van der Waals surface area contributed by atoms with E-state index in [-0.39, 0.29) is 19.6 Å². The molecule has 1 atom stereocenters. The van der Waals surface area contributed by atoms with Crippen LogP contribution in [0.15, 0.2) is 30.5 Å². The van der Waals surface area contributed by atoms with Crippen molar-refractivity contribution >= 4 is 18.2 Å². The summed E-state index contributed by atoms with van der Waals surface area (Å²) in [5.41, 5.74) is -0.574. The molecule has 0 bridgehead atoms. The Kier molecular flexibility index (Phi) is 3.74. The van der Waals surface area contributed by atoms with Crippen molar-refractivity contribution in [3.05, 3.63) is 36.2 Å². The number of hydrogen-bond acceptors (Lipinski definition) is 5. The van der Waals surface area contributed by atoms with Crippen molar-refractivity contribution in [3.8, 4) is 0 Å². The Morgan fingerprint density at radius 1 is 1.65 bits per heavy atom. The Bertz CT molecular complexity index is 574. The maximum absolute atomic E-state index is 11.8. The van der Waals surface area contributed by atoms with E-state index in [0.29, 0.717) is 17.6 Å². The van der Waals surface area contributed by atoms with Crippen LogP contribution in [0.4, 0.5) is 0 Å². The van der Waals surface area contributed by atoms with Crippen LogP contribution >= 0.6 is 0 Å². The highest BCUT2D eigenvalue weighted by molar-refractivity contribution is 5.98. The number of carbonyl (C=O) groups excluding carboxylic acids is 3. The fraction of sp³-hybridized carbons (Fsp3) is 0.357. The summed E-state index contributed by atoms with van der Waals surface area (Å²) in [7, 11) is 1.29. The van der Waals surface area contributed by atoms with Crippen molar-refractivity contribution in [2.24, 2.45) is 5.41 Å². The van der Waals surface area contributed by atoms with E-state index in [4.69, 9.17) is 4.74 Å². The zero-order valence-electron chi connectivity index (χ0n) is 11.1. The normalized spacial score (nSPS) is 21.4. The van der Waals surface area contributed by atoms with Gasteiger partial charge in [-0.3, -0.25) is 4.79 Å². The highest BCUT2D eigenvalue weighted by atomic mass is 16.5. The second-order valence-corrected chi connectivity index (χ2v) is 4.59. The van der Waals surface area contributed by atoms with Crippen molar-refractivity contribution in [1.29, 1.82) is 0 Å². The lowest BCUT2D eigenvalue weighted by Crippen LogP contribution is -2.32. The van der Waals surface area contributed by atoms with Crippen LogP contribution in [0, 0.1) is 5.41 Å². The molecule has 0 saturated carbocycles. The zero-order valence-corrected chi connectivity index (χ0v) is 11.1. The molecule has 1 unspecified atom stereocenters. The minimum atomic E-state index is -1.31. The molecule has 0 aliphatic carbocycles. The second-order valence-electron chi connectivity index (χ2n) is 4.59. The number of esters is 2. The van der Waals surface area contributed by atoms with Gasteiger partial charge >= 0.3 is 11.9 Å². The van der Waals surface area contributed by atoms with E-state index in [1.165, 1.54) is 7.11 Å². The maximum Gasteiger partial charge on any atom is 0.354 e. The largest absolute Gasteiger partial charge is 0.465 e. The molecule has 106 valence electrons. The number of cyclic esters (lactones) is 1. The summed E-state index contributed by atoms with van der Waals surface area (Å²) in [6, 6.07) is 3.28. The molecule has 2 heterocycles. The van der Waals surface area contributed by atoms with Gasteiger partial charge in [0.05, 0.1) is 13.7 Å². The summed E-state index contributed by atoms with van der Waals surface area (Å²) in [6.45, 7) is 4.20. The number of methoxy groups -OCH3 is 1. The molecule has 1 fully saturated rings. The lowest BCUT2D eigenvalue weighted by Gasteiger charge is -2.21. The van der Waals surface area contributed by atoms with Crippen LogP contribution in [-0.2, 0) is 25.6 Å². The van der Waals surface area contributed by atoms with E-state index in [2.05, 4.69) is 11.3 Å². The van der Waals surface area contributed by atoms with Gasteiger partial charge < -0.3 is 18.8 Å². The smallest absolute Gasteiger partial charge is 0.354 e. The average molecular weight is 277 g/mol. The van der Waals surface area contributed by atoms with Crippen LogP contribution in [0.3, 0.4) is 0 Å². The molecule has 1 aromatic heterocycles. The third-order valence-corrected chi connectivity index (χ3v) is 3.51. The monoisotopic (exact) mass is 277 g/mol. The molecule has 20 heavy (non-hydrogen) atoms. The molecule has 1 aliphatic heterocycles. The first kappa shape index (κ1) is 14.0. The van der Waals surface area contributed by atoms with Crippen LogP contribution in [0.25, 0.3) is 0 Å². The molecular weight excluding hydrogens is 262 g/mol. The van der Waals surface area contributed by atoms with Crippen molar-refractivity contribution in [3.63, 3.8) is 0 Å². The summed E-state index contributed by atoms with van der Waals surface area (Å²) in [5, 5.41) is 0. The number of ether oxygens (including phenoxy) is 2. The molecule has 1 aromatic rings. The fourth-order valence-electron chi connectivity index (χ4n) is 2.24. The minimum absolute atomic E-state index is 0.172. The van der Waals surface area contributed by atoms with Crippen LogP contribution < -0.4 is 0 Å². The number of hydrogen-bond donors (Lipinski definition) is 0. The molecule has 0 radical (unpaired) electrons. The van der Waals surface area contributed by atoms with Crippen LogP contribution in [0.5, 0.6) is 0 Å². The highest BCUT2D eigenvalue weighted by Gasteiger charge is 2.47. The summed E-state index contributed by atoms with van der Waals surface area (Å²) in [5.74, 6) is -1.07. The first-order valence-electron chi connectivity index (χ1n) is 6.10. The van der Waals surface area contributed by atoms with Crippen molar-refractivity contribution in [2.45, 2.75) is 13.0 Å². The van der Waals surface area contributed by atoms with Gasteiger partial charge in [0.15, 0.2) is 0 Å². The lowest BCUT2D eigenvalue weighted by molar-refractivity contribution is -0.146. The topological polar surface area (TPSA) is 74.6 Å². The number of nitrogens with zero attached hydrogens (tertiary/aromatic N) is 1.